The maximum atomic E-state index is 13.5. The number of aliphatic hydroxyl groups is 2. The molecule has 2 atom stereocenters. The molecule has 1 amide bonds. The number of hydrogen-bond acceptors (Lipinski definition) is 7. The van der Waals surface area contributed by atoms with E-state index in [1.165, 1.54) is 12.1 Å². The highest BCUT2D eigenvalue weighted by Gasteiger charge is 2.40. The molecule has 5 rings (SSSR count). The summed E-state index contributed by atoms with van der Waals surface area (Å²) in [6.07, 6.45) is -5.55. The number of carbonyl (C=O) groups excluding carboxylic acids is 1. The fourth-order valence-corrected chi connectivity index (χ4v) is 5.08. The number of amides is 1. The van der Waals surface area contributed by atoms with Gasteiger partial charge in [-0.3, -0.25) is 9.69 Å². The van der Waals surface area contributed by atoms with E-state index >= 15 is 0 Å². The average Bonchev–Trinajstić information content (AvgIpc) is 3.28. The van der Waals surface area contributed by atoms with Gasteiger partial charge in [0.15, 0.2) is 0 Å². The fourth-order valence-electron chi connectivity index (χ4n) is 4.96. The average molecular weight is 536 g/mol. The Labute approximate surface area is 215 Å². The topological polar surface area (TPSA) is 93.0 Å². The summed E-state index contributed by atoms with van der Waals surface area (Å²) in [5.41, 5.74) is 1.18. The van der Waals surface area contributed by atoms with Crippen LogP contribution in [-0.2, 0) is 12.8 Å². The van der Waals surface area contributed by atoms with Gasteiger partial charge >= 0.3 is 6.18 Å². The zero-order valence-electron chi connectivity index (χ0n) is 19.7. The van der Waals surface area contributed by atoms with Gasteiger partial charge in [-0.2, -0.15) is 13.2 Å². The van der Waals surface area contributed by atoms with Crippen LogP contribution < -0.4 is 4.90 Å². The molecule has 0 spiro atoms. The smallest absolute Gasteiger partial charge is 0.392 e. The van der Waals surface area contributed by atoms with Crippen LogP contribution in [0.5, 0.6) is 0 Å². The third-order valence-electron chi connectivity index (χ3n) is 6.90. The van der Waals surface area contributed by atoms with Crippen LogP contribution >= 0.6 is 11.6 Å². The minimum atomic E-state index is -4.73. The predicted octanol–water partition coefficient (Wildman–Crippen LogP) is 2.80. The number of alkyl halides is 3. The Morgan fingerprint density at radius 3 is 2.38 bits per heavy atom. The molecule has 0 unspecified atom stereocenters. The molecule has 0 aliphatic carbocycles. The van der Waals surface area contributed by atoms with Gasteiger partial charge < -0.3 is 20.0 Å². The lowest BCUT2D eigenvalue weighted by atomic mass is 10.1. The molecule has 2 N–H and O–H groups in total. The number of anilines is 1. The minimum Gasteiger partial charge on any atom is -0.392 e. The first-order valence-corrected chi connectivity index (χ1v) is 12.2. The van der Waals surface area contributed by atoms with E-state index in [1.54, 1.807) is 40.1 Å². The van der Waals surface area contributed by atoms with Gasteiger partial charge in [0.25, 0.3) is 5.91 Å². The van der Waals surface area contributed by atoms with Crippen molar-refractivity contribution < 1.29 is 28.2 Å². The number of β-amino-alcohol motifs (C(OH)–C–C–N with tert-alkyl or cyclic N) is 1. The van der Waals surface area contributed by atoms with Gasteiger partial charge in [0.1, 0.15) is 5.82 Å². The molecule has 12 heteroatoms. The molecule has 196 valence electrons. The van der Waals surface area contributed by atoms with Crippen LogP contribution in [0.2, 0.25) is 5.02 Å². The maximum absolute atomic E-state index is 13.5. The fraction of sp³-hybridized carbons (Fsp3) is 0.400. The molecule has 3 aromatic rings. The normalized spacial score (nSPS) is 21.1. The lowest BCUT2D eigenvalue weighted by Gasteiger charge is -2.38. The predicted molar refractivity (Wildman–Crippen MR) is 131 cm³/mol. The second-order valence-corrected chi connectivity index (χ2v) is 9.69. The minimum absolute atomic E-state index is 0.0747. The Balaban J connectivity index is 1.33. The number of carbonyl (C=O) groups is 1. The van der Waals surface area contributed by atoms with E-state index in [9.17, 15) is 28.2 Å². The zero-order chi connectivity index (χ0) is 26.3. The molecule has 8 nitrogen and oxygen atoms in total. The standard InChI is InChI=1S/C25H25ClF3N5O3/c26-17-4-2-16(3-5-17)23(37)33-9-7-32(8-10-33)20-12-34(13-21(20)36)22-18-11-15(14-35)1-6-19(18)30-24(31-22)25(27,28)29/h1-6,11,20-21,35-36H,7-10,12-14H2/t20-,21-/m0/s1. The van der Waals surface area contributed by atoms with E-state index in [1.807, 2.05) is 0 Å². The molecule has 1 aromatic heterocycles. The number of benzene rings is 2. The largest absolute Gasteiger partial charge is 0.451 e. The van der Waals surface area contributed by atoms with E-state index in [0.29, 0.717) is 47.7 Å². The Morgan fingerprint density at radius 1 is 1.03 bits per heavy atom. The van der Waals surface area contributed by atoms with Crippen molar-refractivity contribution in [3.8, 4) is 0 Å². The number of hydrogen-bond donors (Lipinski definition) is 2. The number of fused-ring (bicyclic) bond motifs is 1. The summed E-state index contributed by atoms with van der Waals surface area (Å²) >= 11 is 5.91. The second kappa shape index (κ2) is 10.1. The highest BCUT2D eigenvalue weighted by Crippen LogP contribution is 2.34. The van der Waals surface area contributed by atoms with Crippen LogP contribution in [0.15, 0.2) is 42.5 Å². The molecular weight excluding hydrogens is 511 g/mol. The molecule has 0 bridgehead atoms. The van der Waals surface area contributed by atoms with Gasteiger partial charge in [-0.05, 0) is 42.0 Å². The summed E-state index contributed by atoms with van der Waals surface area (Å²) in [5.74, 6) is -1.28. The Kier molecular flexibility index (Phi) is 6.97. The molecule has 37 heavy (non-hydrogen) atoms. The first-order chi connectivity index (χ1) is 17.6. The molecule has 0 saturated carbocycles. The molecule has 0 radical (unpaired) electrons. The summed E-state index contributed by atoms with van der Waals surface area (Å²) in [6, 6.07) is 10.9. The van der Waals surface area contributed by atoms with Crippen LogP contribution in [0.1, 0.15) is 21.7 Å². The first kappa shape index (κ1) is 25.7. The summed E-state index contributed by atoms with van der Waals surface area (Å²) in [6.45, 7) is 2.03. The molecule has 2 saturated heterocycles. The number of halogens is 4. The van der Waals surface area contributed by atoms with Crippen molar-refractivity contribution in [1.82, 2.24) is 19.8 Å². The third kappa shape index (κ3) is 5.22. The van der Waals surface area contributed by atoms with Crippen molar-refractivity contribution in [3.63, 3.8) is 0 Å². The maximum Gasteiger partial charge on any atom is 0.451 e. The molecule has 2 aliphatic rings. The van der Waals surface area contributed by atoms with E-state index in [-0.39, 0.29) is 43.0 Å². The molecule has 2 aliphatic heterocycles. The van der Waals surface area contributed by atoms with Gasteiger partial charge in [-0.15, -0.1) is 0 Å². The van der Waals surface area contributed by atoms with Crippen molar-refractivity contribution in [1.29, 1.82) is 0 Å². The van der Waals surface area contributed by atoms with E-state index < -0.39 is 18.1 Å². The van der Waals surface area contributed by atoms with Gasteiger partial charge in [0, 0.05) is 55.2 Å². The van der Waals surface area contributed by atoms with E-state index in [2.05, 4.69) is 14.9 Å². The molecule has 2 fully saturated rings. The van der Waals surface area contributed by atoms with Crippen molar-refractivity contribution in [2.45, 2.75) is 24.9 Å². The van der Waals surface area contributed by atoms with Crippen molar-refractivity contribution in [2.75, 3.05) is 44.2 Å². The highest BCUT2D eigenvalue weighted by atomic mass is 35.5. The van der Waals surface area contributed by atoms with Gasteiger partial charge in [-0.25, -0.2) is 9.97 Å². The summed E-state index contributed by atoms with van der Waals surface area (Å²) in [4.78, 5) is 25.8. The van der Waals surface area contributed by atoms with Crippen LogP contribution in [0.25, 0.3) is 10.9 Å². The van der Waals surface area contributed by atoms with E-state index in [4.69, 9.17) is 11.6 Å². The third-order valence-corrected chi connectivity index (χ3v) is 7.15. The number of nitrogens with zero attached hydrogens (tertiary/aromatic N) is 5. The SMILES string of the molecule is O=C(c1ccc(Cl)cc1)N1CCN([C@H]2CN(c3nc(C(F)(F)F)nc4ccc(CO)cc34)C[C@@H]2O)CC1. The van der Waals surface area contributed by atoms with Gasteiger partial charge in [0.2, 0.25) is 5.82 Å². The second-order valence-electron chi connectivity index (χ2n) is 9.25. The van der Waals surface area contributed by atoms with Crippen LogP contribution in [0.3, 0.4) is 0 Å². The quantitative estimate of drug-likeness (QED) is 0.531. The zero-order valence-corrected chi connectivity index (χ0v) is 20.5. The first-order valence-electron chi connectivity index (χ1n) is 11.8. The van der Waals surface area contributed by atoms with Gasteiger partial charge in [0.05, 0.1) is 24.3 Å². The molecule has 2 aromatic carbocycles. The van der Waals surface area contributed by atoms with Crippen LogP contribution in [0, 0.1) is 0 Å². The summed E-state index contributed by atoms with van der Waals surface area (Å²) < 4.78 is 40.6. The number of piperazine rings is 1. The monoisotopic (exact) mass is 535 g/mol. The van der Waals surface area contributed by atoms with E-state index in [0.717, 1.165) is 0 Å². The van der Waals surface area contributed by atoms with Crippen molar-refractivity contribution >= 4 is 34.2 Å². The summed E-state index contributed by atoms with van der Waals surface area (Å²) in [7, 11) is 0. The lowest BCUT2D eigenvalue weighted by Crippen LogP contribution is -2.54. The van der Waals surface area contributed by atoms with Crippen molar-refractivity contribution in [2.24, 2.45) is 0 Å². The highest BCUT2D eigenvalue weighted by molar-refractivity contribution is 6.30. The Hall–Kier alpha value is -2.99. The number of aliphatic hydroxyl groups excluding tert-OH is 2. The Morgan fingerprint density at radius 2 is 1.73 bits per heavy atom. The van der Waals surface area contributed by atoms with Gasteiger partial charge in [-0.1, -0.05) is 17.7 Å². The van der Waals surface area contributed by atoms with Crippen LogP contribution in [-0.4, -0.2) is 87.3 Å². The van der Waals surface area contributed by atoms with Crippen LogP contribution in [0.4, 0.5) is 19.0 Å². The number of rotatable bonds is 4. The molecule has 3 heterocycles. The summed E-state index contributed by atoms with van der Waals surface area (Å²) in [5, 5.41) is 21.3. The number of aromatic nitrogens is 2. The molecular formula is C25H25ClF3N5O3. The van der Waals surface area contributed by atoms with Crippen molar-refractivity contribution in [3.05, 3.63) is 64.4 Å². The Bertz CT molecular complexity index is 1300. The lowest BCUT2D eigenvalue weighted by molar-refractivity contribution is -0.144.